The van der Waals surface area contributed by atoms with E-state index in [1.54, 1.807) is 4.90 Å². The average Bonchev–Trinajstić information content (AvgIpc) is 2.97. The van der Waals surface area contributed by atoms with Crippen molar-refractivity contribution in [3.05, 3.63) is 28.3 Å². The van der Waals surface area contributed by atoms with Crippen LogP contribution >= 0.6 is 0 Å². The standard InChI is InChI=1S/C12H17FN4O4S/c13-4-6-16(10-3-5-15-8-10)9-1-2-12(22(14,20)21)11(7-9)17(18)19/h1-2,7,10,15H,3-6,8H2,(H2,14,20,21)/t10-/m1/s1. The summed E-state index contributed by atoms with van der Waals surface area (Å²) in [5, 5.41) is 19.2. The zero-order chi connectivity index (χ0) is 16.3. The zero-order valence-electron chi connectivity index (χ0n) is 11.7. The Bertz CT molecular complexity index is 661. The number of hydrogen-bond acceptors (Lipinski definition) is 6. The van der Waals surface area contributed by atoms with Crippen molar-refractivity contribution in [2.75, 3.05) is 31.2 Å². The van der Waals surface area contributed by atoms with Gasteiger partial charge in [0, 0.05) is 30.9 Å². The Morgan fingerprint density at radius 2 is 2.23 bits per heavy atom. The molecular formula is C12H17FN4O4S. The molecule has 10 heteroatoms. The van der Waals surface area contributed by atoms with Crippen LogP contribution in [0.15, 0.2) is 23.1 Å². The second kappa shape index (κ2) is 6.55. The van der Waals surface area contributed by atoms with Crippen molar-refractivity contribution in [3.63, 3.8) is 0 Å². The molecule has 1 atom stereocenters. The zero-order valence-corrected chi connectivity index (χ0v) is 12.6. The highest BCUT2D eigenvalue weighted by Gasteiger charge is 2.27. The van der Waals surface area contributed by atoms with Crippen LogP contribution in [0, 0.1) is 10.1 Å². The molecule has 1 aromatic rings. The van der Waals surface area contributed by atoms with Crippen LogP contribution in [-0.2, 0) is 10.0 Å². The Labute approximate surface area is 127 Å². The minimum absolute atomic E-state index is 0.00990. The number of benzene rings is 1. The Hall–Kier alpha value is -1.78. The van der Waals surface area contributed by atoms with Crippen molar-refractivity contribution in [1.82, 2.24) is 5.32 Å². The maximum atomic E-state index is 12.8. The van der Waals surface area contributed by atoms with Crippen molar-refractivity contribution in [1.29, 1.82) is 0 Å². The van der Waals surface area contributed by atoms with Crippen LogP contribution in [-0.4, -0.2) is 45.7 Å². The topological polar surface area (TPSA) is 119 Å². The van der Waals surface area contributed by atoms with Gasteiger partial charge in [-0.05, 0) is 25.1 Å². The molecule has 1 saturated heterocycles. The molecular weight excluding hydrogens is 315 g/mol. The maximum absolute atomic E-state index is 12.8. The van der Waals surface area contributed by atoms with Crippen LogP contribution in [0.5, 0.6) is 0 Å². The van der Waals surface area contributed by atoms with Gasteiger partial charge in [0.1, 0.15) is 6.67 Å². The molecule has 122 valence electrons. The van der Waals surface area contributed by atoms with E-state index in [0.29, 0.717) is 12.2 Å². The number of nitrogens with one attached hydrogen (secondary N) is 1. The van der Waals surface area contributed by atoms with Crippen molar-refractivity contribution in [2.24, 2.45) is 5.14 Å². The summed E-state index contributed by atoms with van der Waals surface area (Å²) in [7, 11) is -4.20. The lowest BCUT2D eigenvalue weighted by atomic mass is 10.1. The smallest absolute Gasteiger partial charge is 0.291 e. The third kappa shape index (κ3) is 3.51. The largest absolute Gasteiger partial charge is 0.364 e. The van der Waals surface area contributed by atoms with E-state index in [1.165, 1.54) is 6.07 Å². The van der Waals surface area contributed by atoms with E-state index in [-0.39, 0.29) is 12.6 Å². The van der Waals surface area contributed by atoms with Gasteiger partial charge in [0.15, 0.2) is 4.90 Å². The van der Waals surface area contributed by atoms with E-state index in [9.17, 15) is 22.9 Å². The number of rotatable bonds is 6. The Morgan fingerprint density at radius 1 is 1.50 bits per heavy atom. The molecule has 1 fully saturated rings. The lowest BCUT2D eigenvalue weighted by Gasteiger charge is -2.29. The molecule has 0 radical (unpaired) electrons. The van der Waals surface area contributed by atoms with Gasteiger partial charge in [-0.15, -0.1) is 0 Å². The SMILES string of the molecule is NS(=O)(=O)c1ccc(N(CCF)[C@@H]2CCNC2)cc1[N+](=O)[O-]. The van der Waals surface area contributed by atoms with Crippen LogP contribution in [0.2, 0.25) is 0 Å². The normalized spacial score (nSPS) is 18.4. The second-order valence-electron chi connectivity index (χ2n) is 4.98. The monoisotopic (exact) mass is 332 g/mol. The van der Waals surface area contributed by atoms with E-state index in [1.807, 2.05) is 0 Å². The summed E-state index contributed by atoms with van der Waals surface area (Å²) in [5.74, 6) is 0. The van der Waals surface area contributed by atoms with Crippen molar-refractivity contribution >= 4 is 21.4 Å². The number of halogens is 1. The number of nitrogens with two attached hydrogens (primary N) is 1. The van der Waals surface area contributed by atoms with Gasteiger partial charge in [0.2, 0.25) is 10.0 Å². The molecule has 2 rings (SSSR count). The average molecular weight is 332 g/mol. The van der Waals surface area contributed by atoms with Gasteiger partial charge in [0.05, 0.1) is 4.92 Å². The van der Waals surface area contributed by atoms with Crippen LogP contribution in [0.4, 0.5) is 15.8 Å². The van der Waals surface area contributed by atoms with Crippen LogP contribution in [0.3, 0.4) is 0 Å². The number of alkyl halides is 1. The van der Waals surface area contributed by atoms with Crippen molar-refractivity contribution in [3.8, 4) is 0 Å². The second-order valence-corrected chi connectivity index (χ2v) is 6.51. The number of nitro groups is 1. The van der Waals surface area contributed by atoms with Gasteiger partial charge in [-0.3, -0.25) is 10.1 Å². The molecule has 0 bridgehead atoms. The van der Waals surface area contributed by atoms with Crippen molar-refractivity contribution in [2.45, 2.75) is 17.4 Å². The molecule has 0 spiro atoms. The van der Waals surface area contributed by atoms with E-state index in [2.05, 4.69) is 5.32 Å². The molecule has 0 aliphatic carbocycles. The summed E-state index contributed by atoms with van der Waals surface area (Å²) in [6.45, 7) is 0.898. The number of nitrogens with zero attached hydrogens (tertiary/aromatic N) is 2. The number of anilines is 1. The summed E-state index contributed by atoms with van der Waals surface area (Å²) < 4.78 is 35.6. The van der Waals surface area contributed by atoms with Gasteiger partial charge in [-0.25, -0.2) is 17.9 Å². The molecule has 0 saturated carbocycles. The first-order valence-corrected chi connectivity index (χ1v) is 8.24. The van der Waals surface area contributed by atoms with E-state index >= 15 is 0 Å². The summed E-state index contributed by atoms with van der Waals surface area (Å²) in [6, 6.07) is 3.65. The molecule has 1 aliphatic heterocycles. The Kier molecular flexibility index (Phi) is 4.94. The Balaban J connectivity index is 2.45. The maximum Gasteiger partial charge on any atom is 0.291 e. The minimum Gasteiger partial charge on any atom is -0.364 e. The predicted molar refractivity (Wildman–Crippen MR) is 79.1 cm³/mol. The van der Waals surface area contributed by atoms with Gasteiger partial charge in [0.25, 0.3) is 5.69 Å². The fourth-order valence-corrected chi connectivity index (χ4v) is 3.27. The highest BCUT2D eigenvalue weighted by atomic mass is 32.2. The minimum atomic E-state index is -4.20. The van der Waals surface area contributed by atoms with Gasteiger partial charge in [-0.1, -0.05) is 0 Å². The lowest BCUT2D eigenvalue weighted by Crippen LogP contribution is -2.38. The number of nitro benzene ring substituents is 1. The fourth-order valence-electron chi connectivity index (χ4n) is 2.59. The number of primary sulfonamides is 1. The predicted octanol–water partition coefficient (Wildman–Crippen LogP) is 0.380. The van der Waals surface area contributed by atoms with Gasteiger partial charge < -0.3 is 10.2 Å². The first kappa shape index (κ1) is 16.6. The van der Waals surface area contributed by atoms with Crippen LogP contribution < -0.4 is 15.4 Å². The van der Waals surface area contributed by atoms with Crippen LogP contribution in [0.1, 0.15) is 6.42 Å². The molecule has 1 aliphatic rings. The first-order chi connectivity index (χ1) is 10.3. The van der Waals surface area contributed by atoms with E-state index in [4.69, 9.17) is 5.14 Å². The van der Waals surface area contributed by atoms with Gasteiger partial charge >= 0.3 is 0 Å². The molecule has 1 heterocycles. The third-order valence-corrected chi connectivity index (χ3v) is 4.54. The highest BCUT2D eigenvalue weighted by Crippen LogP contribution is 2.30. The van der Waals surface area contributed by atoms with E-state index in [0.717, 1.165) is 25.1 Å². The summed E-state index contributed by atoms with van der Waals surface area (Å²) in [5.41, 5.74) is -0.194. The molecule has 1 aromatic carbocycles. The molecule has 8 nitrogen and oxygen atoms in total. The molecule has 0 amide bonds. The summed E-state index contributed by atoms with van der Waals surface area (Å²) in [6.07, 6.45) is 0.782. The fraction of sp³-hybridized carbons (Fsp3) is 0.500. The highest BCUT2D eigenvalue weighted by molar-refractivity contribution is 7.89. The molecule has 22 heavy (non-hydrogen) atoms. The Morgan fingerprint density at radius 3 is 2.73 bits per heavy atom. The molecule has 0 aromatic heterocycles. The van der Waals surface area contributed by atoms with Gasteiger partial charge in [-0.2, -0.15) is 0 Å². The van der Waals surface area contributed by atoms with Crippen LogP contribution in [0.25, 0.3) is 0 Å². The summed E-state index contributed by atoms with van der Waals surface area (Å²) >= 11 is 0. The first-order valence-electron chi connectivity index (χ1n) is 6.69. The number of hydrogen-bond donors (Lipinski definition) is 2. The molecule has 0 unspecified atom stereocenters. The van der Waals surface area contributed by atoms with Crippen molar-refractivity contribution < 1.29 is 17.7 Å². The summed E-state index contributed by atoms with van der Waals surface area (Å²) in [4.78, 5) is 11.5. The lowest BCUT2D eigenvalue weighted by molar-refractivity contribution is -0.387. The third-order valence-electron chi connectivity index (χ3n) is 3.58. The molecule has 3 N–H and O–H groups in total. The van der Waals surface area contributed by atoms with E-state index < -0.39 is 32.2 Å². The quantitative estimate of drug-likeness (QED) is 0.574. The number of sulfonamides is 1.